The first-order valence-corrected chi connectivity index (χ1v) is 5.44. The van der Waals surface area contributed by atoms with Crippen molar-refractivity contribution in [3.05, 3.63) is 17.7 Å². The maximum atomic E-state index is 11.8. The van der Waals surface area contributed by atoms with Gasteiger partial charge in [-0.25, -0.2) is 0 Å². The Bertz CT molecular complexity index is 537. The summed E-state index contributed by atoms with van der Waals surface area (Å²) in [6, 6.07) is 2.06. The molecule has 0 amide bonds. The number of phenolic OH excluding ortho intramolecular Hbond substituents is 3. The number of carbonyl (C=O) groups excluding carboxylic acids is 3. The second kappa shape index (κ2) is 4.72. The number of carbonyl (C=O) groups is 3. The summed E-state index contributed by atoms with van der Waals surface area (Å²) in [4.78, 5) is 35.4. The first-order valence-electron chi connectivity index (χ1n) is 5.44. The molecule has 6 nitrogen and oxygen atoms in total. The highest BCUT2D eigenvalue weighted by Crippen LogP contribution is 2.43. The van der Waals surface area contributed by atoms with Crippen LogP contribution in [0.5, 0.6) is 17.2 Å². The van der Waals surface area contributed by atoms with Gasteiger partial charge in [0.15, 0.2) is 34.3 Å². The predicted octanol–water partition coefficient (Wildman–Crippen LogP) is 0.808. The van der Waals surface area contributed by atoms with E-state index < -0.39 is 40.0 Å². The van der Waals surface area contributed by atoms with Crippen LogP contribution in [0, 0.1) is 0 Å². The molecule has 19 heavy (non-hydrogen) atoms. The summed E-state index contributed by atoms with van der Waals surface area (Å²) in [6.07, 6.45) is 0. The van der Waals surface area contributed by atoms with Gasteiger partial charge >= 0.3 is 0 Å². The lowest BCUT2D eigenvalue weighted by Crippen LogP contribution is -2.47. The molecule has 0 unspecified atom stereocenters. The minimum atomic E-state index is -2.17. The van der Waals surface area contributed by atoms with Gasteiger partial charge in [-0.05, 0) is 32.9 Å². The standard InChI is InChI=1S/C13H14O6/c1-6(14)13(7(2)15,8(3)16)9-4-5-10(17)12(19)11(9)18/h4-5,17-19H,1-3H3. The number of Topliss-reactive ketones (excluding diaryl/α,β-unsaturated/α-hetero) is 3. The molecule has 3 N–H and O–H groups in total. The molecule has 0 aliphatic heterocycles. The molecule has 1 aromatic carbocycles. The van der Waals surface area contributed by atoms with E-state index in [4.69, 9.17) is 0 Å². The third kappa shape index (κ3) is 1.95. The molecule has 1 aromatic rings. The van der Waals surface area contributed by atoms with Crippen LogP contribution in [0.25, 0.3) is 0 Å². The summed E-state index contributed by atoms with van der Waals surface area (Å²) in [5.74, 6) is -4.68. The summed E-state index contributed by atoms with van der Waals surface area (Å²) in [6.45, 7) is 3.14. The zero-order valence-electron chi connectivity index (χ0n) is 10.7. The van der Waals surface area contributed by atoms with E-state index in [2.05, 4.69) is 0 Å². The van der Waals surface area contributed by atoms with E-state index in [0.29, 0.717) is 0 Å². The second-order valence-electron chi connectivity index (χ2n) is 4.25. The quantitative estimate of drug-likeness (QED) is 0.549. The Morgan fingerprint density at radius 1 is 0.842 bits per heavy atom. The van der Waals surface area contributed by atoms with Gasteiger partial charge in [0.25, 0.3) is 0 Å². The van der Waals surface area contributed by atoms with Crippen LogP contribution in [0.2, 0.25) is 0 Å². The summed E-state index contributed by atoms with van der Waals surface area (Å²) < 4.78 is 0. The number of hydrogen-bond donors (Lipinski definition) is 3. The Balaban J connectivity index is 3.79. The Labute approximate surface area is 109 Å². The van der Waals surface area contributed by atoms with Crippen molar-refractivity contribution in [2.45, 2.75) is 26.2 Å². The lowest BCUT2D eigenvalue weighted by atomic mass is 9.70. The van der Waals surface area contributed by atoms with Crippen molar-refractivity contribution in [2.24, 2.45) is 0 Å². The van der Waals surface area contributed by atoms with E-state index in [-0.39, 0.29) is 5.56 Å². The van der Waals surface area contributed by atoms with E-state index in [1.165, 1.54) is 0 Å². The van der Waals surface area contributed by atoms with Crippen LogP contribution in [0.1, 0.15) is 26.3 Å². The number of benzene rings is 1. The number of ketones is 3. The Morgan fingerprint density at radius 2 is 1.26 bits per heavy atom. The highest BCUT2D eigenvalue weighted by atomic mass is 16.3. The fourth-order valence-electron chi connectivity index (χ4n) is 2.18. The van der Waals surface area contributed by atoms with Crippen LogP contribution >= 0.6 is 0 Å². The third-order valence-electron chi connectivity index (χ3n) is 3.12. The molecule has 0 radical (unpaired) electrons. The largest absolute Gasteiger partial charge is 0.504 e. The first kappa shape index (κ1) is 14.7. The minimum absolute atomic E-state index is 0.338. The van der Waals surface area contributed by atoms with Gasteiger partial charge in [-0.2, -0.15) is 0 Å². The lowest BCUT2D eigenvalue weighted by Gasteiger charge is -2.27. The Morgan fingerprint density at radius 3 is 1.63 bits per heavy atom. The molecule has 0 heterocycles. The third-order valence-corrected chi connectivity index (χ3v) is 3.12. The average Bonchev–Trinajstić information content (AvgIpc) is 2.28. The monoisotopic (exact) mass is 266 g/mol. The molecule has 6 heteroatoms. The first-order chi connectivity index (χ1) is 8.67. The van der Waals surface area contributed by atoms with Gasteiger partial charge in [-0.15, -0.1) is 0 Å². The average molecular weight is 266 g/mol. The van der Waals surface area contributed by atoms with E-state index in [1.807, 2.05) is 0 Å². The topological polar surface area (TPSA) is 112 Å². The Hall–Kier alpha value is -2.37. The van der Waals surface area contributed by atoms with E-state index in [9.17, 15) is 29.7 Å². The van der Waals surface area contributed by atoms with Gasteiger partial charge in [-0.3, -0.25) is 14.4 Å². The van der Waals surface area contributed by atoms with Crippen molar-refractivity contribution in [2.75, 3.05) is 0 Å². The van der Waals surface area contributed by atoms with Crippen molar-refractivity contribution in [1.29, 1.82) is 0 Å². The normalized spacial score (nSPS) is 11.1. The number of aromatic hydroxyl groups is 3. The summed E-state index contributed by atoms with van der Waals surface area (Å²) >= 11 is 0. The summed E-state index contributed by atoms with van der Waals surface area (Å²) in [5.41, 5.74) is -2.51. The van der Waals surface area contributed by atoms with Gasteiger partial charge in [0, 0.05) is 5.56 Å². The molecule has 0 aromatic heterocycles. The van der Waals surface area contributed by atoms with Crippen LogP contribution in [-0.4, -0.2) is 32.7 Å². The Kier molecular flexibility index (Phi) is 3.65. The molecule has 1 rings (SSSR count). The molecule has 0 fully saturated rings. The molecule has 0 aliphatic carbocycles. The number of rotatable bonds is 4. The molecule has 0 saturated carbocycles. The second-order valence-corrected chi connectivity index (χ2v) is 4.25. The molecule has 0 aliphatic rings. The fraction of sp³-hybridized carbons (Fsp3) is 0.308. The van der Waals surface area contributed by atoms with Crippen molar-refractivity contribution in [3.8, 4) is 17.2 Å². The molecule has 0 spiro atoms. The SMILES string of the molecule is CC(=O)C(C(C)=O)(C(C)=O)c1ccc(O)c(O)c1O. The van der Waals surface area contributed by atoms with Crippen LogP contribution in [0.15, 0.2) is 12.1 Å². The van der Waals surface area contributed by atoms with E-state index >= 15 is 0 Å². The van der Waals surface area contributed by atoms with Gasteiger partial charge in [0.05, 0.1) is 0 Å². The van der Waals surface area contributed by atoms with Gasteiger partial charge in [-0.1, -0.05) is 0 Å². The molecule has 0 saturated heterocycles. The number of hydrogen-bond acceptors (Lipinski definition) is 6. The summed E-state index contributed by atoms with van der Waals surface area (Å²) in [5, 5.41) is 28.5. The highest BCUT2D eigenvalue weighted by Gasteiger charge is 2.49. The number of phenols is 3. The molecule has 0 atom stereocenters. The van der Waals surface area contributed by atoms with Crippen LogP contribution in [0.4, 0.5) is 0 Å². The minimum Gasteiger partial charge on any atom is -0.504 e. The van der Waals surface area contributed by atoms with Crippen LogP contribution in [-0.2, 0) is 19.8 Å². The van der Waals surface area contributed by atoms with Crippen molar-refractivity contribution in [3.63, 3.8) is 0 Å². The molecular formula is C13H14O6. The summed E-state index contributed by atoms with van der Waals surface area (Å²) in [7, 11) is 0. The predicted molar refractivity (Wildman–Crippen MR) is 65.2 cm³/mol. The molecule has 102 valence electrons. The van der Waals surface area contributed by atoms with Crippen molar-refractivity contribution < 1.29 is 29.7 Å². The van der Waals surface area contributed by atoms with E-state index in [1.54, 1.807) is 0 Å². The highest BCUT2D eigenvalue weighted by molar-refractivity contribution is 6.28. The zero-order valence-corrected chi connectivity index (χ0v) is 10.7. The van der Waals surface area contributed by atoms with Gasteiger partial charge in [0.2, 0.25) is 5.75 Å². The van der Waals surface area contributed by atoms with Gasteiger partial charge in [0.1, 0.15) is 0 Å². The zero-order chi connectivity index (χ0) is 15.0. The van der Waals surface area contributed by atoms with Crippen LogP contribution < -0.4 is 0 Å². The van der Waals surface area contributed by atoms with Crippen molar-refractivity contribution >= 4 is 17.3 Å². The molecule has 0 bridgehead atoms. The van der Waals surface area contributed by atoms with Crippen molar-refractivity contribution in [1.82, 2.24) is 0 Å². The smallest absolute Gasteiger partial charge is 0.200 e. The molecular weight excluding hydrogens is 252 g/mol. The maximum absolute atomic E-state index is 11.8. The fourth-order valence-corrected chi connectivity index (χ4v) is 2.18. The van der Waals surface area contributed by atoms with E-state index in [0.717, 1.165) is 32.9 Å². The lowest BCUT2D eigenvalue weighted by molar-refractivity contribution is -0.140. The maximum Gasteiger partial charge on any atom is 0.200 e. The van der Waals surface area contributed by atoms with Crippen LogP contribution in [0.3, 0.4) is 0 Å². The van der Waals surface area contributed by atoms with Gasteiger partial charge < -0.3 is 15.3 Å².